The Morgan fingerprint density at radius 1 is 1.00 bits per heavy atom. The van der Waals surface area contributed by atoms with Crippen LogP contribution in [-0.2, 0) is 4.79 Å². The lowest BCUT2D eigenvalue weighted by Gasteiger charge is -2.32. The molecule has 4 rings (SSSR count). The quantitative estimate of drug-likeness (QED) is 0.653. The SMILES string of the molecule is Cc1ccc(C(C)NC(=O)C2CCN(c3ccc(-c4ccc(F)cc4)nn3)CC2)cc1. The van der Waals surface area contributed by atoms with Crippen molar-refractivity contribution < 1.29 is 9.18 Å². The summed E-state index contributed by atoms with van der Waals surface area (Å²) in [6.07, 6.45) is 1.57. The van der Waals surface area contributed by atoms with Crippen molar-refractivity contribution in [1.82, 2.24) is 15.5 Å². The first-order valence-corrected chi connectivity index (χ1v) is 10.7. The van der Waals surface area contributed by atoms with Crippen LogP contribution in [0, 0.1) is 18.7 Å². The van der Waals surface area contributed by atoms with Gasteiger partial charge in [0.15, 0.2) is 5.82 Å². The van der Waals surface area contributed by atoms with Crippen LogP contribution in [-0.4, -0.2) is 29.2 Å². The molecular formula is C25H27FN4O. The fourth-order valence-electron chi connectivity index (χ4n) is 3.91. The highest BCUT2D eigenvalue weighted by Crippen LogP contribution is 2.24. The van der Waals surface area contributed by atoms with Gasteiger partial charge in [-0.05, 0) is 68.7 Å². The lowest BCUT2D eigenvalue weighted by atomic mass is 9.95. The molecule has 160 valence electrons. The van der Waals surface area contributed by atoms with Crippen LogP contribution in [0.25, 0.3) is 11.3 Å². The highest BCUT2D eigenvalue weighted by atomic mass is 19.1. The Hall–Kier alpha value is -3.28. The molecule has 3 aromatic rings. The molecule has 2 heterocycles. The van der Waals surface area contributed by atoms with Gasteiger partial charge in [0.25, 0.3) is 0 Å². The maximum absolute atomic E-state index is 13.1. The predicted octanol–water partition coefficient (Wildman–Crippen LogP) is 4.68. The summed E-state index contributed by atoms with van der Waals surface area (Å²) in [4.78, 5) is 14.9. The molecule has 1 aliphatic heterocycles. The minimum absolute atomic E-state index is 0.00370. The molecule has 1 amide bonds. The van der Waals surface area contributed by atoms with Crippen molar-refractivity contribution in [3.8, 4) is 11.3 Å². The van der Waals surface area contributed by atoms with E-state index in [0.29, 0.717) is 5.69 Å². The minimum atomic E-state index is -0.270. The second kappa shape index (κ2) is 9.25. The number of halogens is 1. The van der Waals surface area contributed by atoms with Crippen LogP contribution in [0.15, 0.2) is 60.7 Å². The van der Waals surface area contributed by atoms with Gasteiger partial charge < -0.3 is 10.2 Å². The topological polar surface area (TPSA) is 58.1 Å². The van der Waals surface area contributed by atoms with Gasteiger partial charge >= 0.3 is 0 Å². The smallest absolute Gasteiger partial charge is 0.223 e. The lowest BCUT2D eigenvalue weighted by molar-refractivity contribution is -0.126. The van der Waals surface area contributed by atoms with Gasteiger partial charge in [0, 0.05) is 24.6 Å². The first kappa shape index (κ1) is 21.0. The van der Waals surface area contributed by atoms with E-state index >= 15 is 0 Å². The van der Waals surface area contributed by atoms with Gasteiger partial charge in [0.2, 0.25) is 5.91 Å². The molecule has 0 saturated carbocycles. The van der Waals surface area contributed by atoms with Crippen LogP contribution < -0.4 is 10.2 Å². The number of aryl methyl sites for hydroxylation is 1. The number of hydrogen-bond acceptors (Lipinski definition) is 4. The number of carbonyl (C=O) groups is 1. The molecule has 1 saturated heterocycles. The van der Waals surface area contributed by atoms with Crippen molar-refractivity contribution in [2.45, 2.75) is 32.7 Å². The maximum Gasteiger partial charge on any atom is 0.223 e. The maximum atomic E-state index is 13.1. The molecule has 0 bridgehead atoms. The number of carbonyl (C=O) groups excluding carboxylic acids is 1. The van der Waals surface area contributed by atoms with E-state index in [1.54, 1.807) is 12.1 Å². The van der Waals surface area contributed by atoms with Crippen molar-refractivity contribution in [2.24, 2.45) is 5.92 Å². The van der Waals surface area contributed by atoms with Crippen molar-refractivity contribution in [2.75, 3.05) is 18.0 Å². The van der Waals surface area contributed by atoms with E-state index in [1.165, 1.54) is 17.7 Å². The molecule has 0 radical (unpaired) electrons. The molecule has 6 heteroatoms. The summed E-state index contributed by atoms with van der Waals surface area (Å²) in [6.45, 7) is 5.61. The first-order chi connectivity index (χ1) is 15.0. The van der Waals surface area contributed by atoms with Gasteiger partial charge in [-0.1, -0.05) is 29.8 Å². The number of benzene rings is 2. The number of nitrogens with one attached hydrogen (secondary N) is 1. The van der Waals surface area contributed by atoms with E-state index in [0.717, 1.165) is 42.9 Å². The Kier molecular flexibility index (Phi) is 6.26. The second-order valence-electron chi connectivity index (χ2n) is 8.19. The Labute approximate surface area is 182 Å². The van der Waals surface area contributed by atoms with Crippen LogP contribution in [0.4, 0.5) is 10.2 Å². The molecule has 0 spiro atoms. The number of nitrogens with zero attached hydrogens (tertiary/aromatic N) is 3. The van der Waals surface area contributed by atoms with Gasteiger partial charge in [-0.3, -0.25) is 4.79 Å². The molecule has 1 unspecified atom stereocenters. The van der Waals surface area contributed by atoms with Crippen molar-refractivity contribution in [3.05, 3.63) is 77.6 Å². The van der Waals surface area contributed by atoms with Gasteiger partial charge in [0.05, 0.1) is 11.7 Å². The average Bonchev–Trinajstić information content (AvgIpc) is 2.80. The fourth-order valence-corrected chi connectivity index (χ4v) is 3.91. The highest BCUT2D eigenvalue weighted by molar-refractivity contribution is 5.79. The van der Waals surface area contributed by atoms with Crippen LogP contribution in [0.2, 0.25) is 0 Å². The van der Waals surface area contributed by atoms with Crippen LogP contribution >= 0.6 is 0 Å². The molecule has 0 aliphatic carbocycles. The number of hydrogen-bond donors (Lipinski definition) is 1. The van der Waals surface area contributed by atoms with Crippen molar-refractivity contribution >= 4 is 11.7 Å². The molecular weight excluding hydrogens is 391 g/mol. The van der Waals surface area contributed by atoms with Gasteiger partial charge in [-0.15, -0.1) is 10.2 Å². The van der Waals surface area contributed by atoms with E-state index in [4.69, 9.17) is 0 Å². The fraction of sp³-hybridized carbons (Fsp3) is 0.320. The zero-order valence-corrected chi connectivity index (χ0v) is 17.9. The molecule has 1 aromatic heterocycles. The third-order valence-electron chi connectivity index (χ3n) is 5.92. The summed E-state index contributed by atoms with van der Waals surface area (Å²) in [5.41, 5.74) is 3.87. The Bertz CT molecular complexity index is 1010. The zero-order valence-electron chi connectivity index (χ0n) is 17.9. The Morgan fingerprint density at radius 2 is 1.68 bits per heavy atom. The Balaban J connectivity index is 1.31. The summed E-state index contributed by atoms with van der Waals surface area (Å²) in [5, 5.41) is 11.8. The third-order valence-corrected chi connectivity index (χ3v) is 5.92. The monoisotopic (exact) mass is 418 g/mol. The van der Waals surface area contributed by atoms with Crippen LogP contribution in [0.1, 0.15) is 36.9 Å². The molecule has 1 fully saturated rings. The third kappa shape index (κ3) is 5.08. The first-order valence-electron chi connectivity index (χ1n) is 10.7. The molecule has 5 nitrogen and oxygen atoms in total. The average molecular weight is 419 g/mol. The Morgan fingerprint density at radius 3 is 2.29 bits per heavy atom. The summed E-state index contributed by atoms with van der Waals surface area (Å²) in [5.74, 6) is 0.660. The molecule has 1 N–H and O–H groups in total. The number of aromatic nitrogens is 2. The number of anilines is 1. The minimum Gasteiger partial charge on any atom is -0.355 e. The predicted molar refractivity (Wildman–Crippen MR) is 120 cm³/mol. The largest absolute Gasteiger partial charge is 0.355 e. The zero-order chi connectivity index (χ0) is 21.8. The normalized spacial score (nSPS) is 15.5. The highest BCUT2D eigenvalue weighted by Gasteiger charge is 2.26. The van der Waals surface area contributed by atoms with E-state index < -0.39 is 0 Å². The molecule has 1 atom stereocenters. The van der Waals surface area contributed by atoms with Gasteiger partial charge in [-0.25, -0.2) is 4.39 Å². The molecule has 2 aromatic carbocycles. The van der Waals surface area contributed by atoms with Gasteiger partial charge in [0.1, 0.15) is 5.82 Å². The lowest BCUT2D eigenvalue weighted by Crippen LogP contribution is -2.41. The second-order valence-corrected chi connectivity index (χ2v) is 8.19. The number of amides is 1. The van der Waals surface area contributed by atoms with Gasteiger partial charge in [-0.2, -0.15) is 0 Å². The van der Waals surface area contributed by atoms with E-state index in [1.807, 2.05) is 19.1 Å². The van der Waals surface area contributed by atoms with Crippen molar-refractivity contribution in [3.63, 3.8) is 0 Å². The van der Waals surface area contributed by atoms with Crippen LogP contribution in [0.5, 0.6) is 0 Å². The molecule has 31 heavy (non-hydrogen) atoms. The van der Waals surface area contributed by atoms with Crippen molar-refractivity contribution in [1.29, 1.82) is 0 Å². The standard InChI is InChI=1S/C25H27FN4O/c1-17-3-5-19(6-4-17)18(2)27-25(31)21-13-15-30(16-14-21)24-12-11-23(28-29-24)20-7-9-22(26)10-8-20/h3-12,18,21H,13-16H2,1-2H3,(H,27,31). The summed E-state index contributed by atoms with van der Waals surface area (Å²) >= 11 is 0. The summed E-state index contributed by atoms with van der Waals surface area (Å²) in [7, 11) is 0. The van der Waals surface area contributed by atoms with Crippen LogP contribution in [0.3, 0.4) is 0 Å². The van der Waals surface area contributed by atoms with E-state index in [2.05, 4.69) is 51.6 Å². The van der Waals surface area contributed by atoms with E-state index in [9.17, 15) is 9.18 Å². The van der Waals surface area contributed by atoms with E-state index in [-0.39, 0.29) is 23.7 Å². The summed E-state index contributed by atoms with van der Waals surface area (Å²) < 4.78 is 13.1. The number of piperidine rings is 1. The molecule has 1 aliphatic rings. The number of rotatable bonds is 5. The summed E-state index contributed by atoms with van der Waals surface area (Å²) in [6, 6.07) is 18.3.